The Labute approximate surface area is 115 Å². The Morgan fingerprint density at radius 2 is 2.30 bits per heavy atom. The number of oxazole rings is 1. The number of nitrogens with one attached hydrogen (secondary N) is 1. The number of carboxylic acid groups (broad SMARTS) is 1. The van der Waals surface area contributed by atoms with Crippen molar-refractivity contribution in [1.29, 1.82) is 0 Å². The van der Waals surface area contributed by atoms with Gasteiger partial charge in [-0.2, -0.15) is 0 Å². The molecule has 1 aliphatic rings. The third kappa shape index (κ3) is 3.08. The lowest BCUT2D eigenvalue weighted by atomic mass is 10.0. The van der Waals surface area contributed by atoms with E-state index < -0.39 is 17.9 Å². The van der Waals surface area contributed by atoms with E-state index in [4.69, 9.17) is 14.3 Å². The highest BCUT2D eigenvalue weighted by atomic mass is 16.5. The Morgan fingerprint density at radius 1 is 1.55 bits per heavy atom. The molecule has 0 aromatic carbocycles. The Kier molecular flexibility index (Phi) is 4.23. The number of carbonyl (C=O) groups is 2. The number of carboxylic acids is 1. The zero-order chi connectivity index (χ0) is 14.7. The van der Waals surface area contributed by atoms with E-state index in [-0.39, 0.29) is 25.8 Å². The number of aryl methyl sites for hydroxylation is 1. The van der Waals surface area contributed by atoms with Crippen LogP contribution in [0.2, 0.25) is 0 Å². The Hall–Kier alpha value is -2.09. The van der Waals surface area contributed by atoms with Gasteiger partial charge in [0.1, 0.15) is 11.7 Å². The molecule has 2 heterocycles. The van der Waals surface area contributed by atoms with Gasteiger partial charge in [-0.1, -0.05) is 0 Å². The summed E-state index contributed by atoms with van der Waals surface area (Å²) in [6.07, 6.45) is 1.57. The number of hydrogen-bond donors (Lipinski definition) is 2. The van der Waals surface area contributed by atoms with Gasteiger partial charge in [0.05, 0.1) is 32.0 Å². The number of rotatable bonds is 4. The van der Waals surface area contributed by atoms with E-state index in [0.29, 0.717) is 11.7 Å². The predicted octanol–water partition coefficient (Wildman–Crippen LogP) is 0.224. The van der Waals surface area contributed by atoms with Crippen LogP contribution < -0.4 is 5.32 Å². The number of urea groups is 1. The number of amides is 2. The average molecular weight is 283 g/mol. The fraction of sp³-hybridized carbons (Fsp3) is 0.583. The zero-order valence-electron chi connectivity index (χ0n) is 11.3. The lowest BCUT2D eigenvalue weighted by Crippen LogP contribution is -2.48. The molecule has 2 unspecified atom stereocenters. The number of aliphatic carboxylic acids is 1. The van der Waals surface area contributed by atoms with E-state index >= 15 is 0 Å². The second kappa shape index (κ2) is 5.91. The van der Waals surface area contributed by atoms with Crippen molar-refractivity contribution in [3.05, 3.63) is 17.8 Å². The van der Waals surface area contributed by atoms with E-state index in [2.05, 4.69) is 10.3 Å². The van der Waals surface area contributed by atoms with Gasteiger partial charge in [0.25, 0.3) is 0 Å². The van der Waals surface area contributed by atoms with Crippen molar-refractivity contribution >= 4 is 12.0 Å². The minimum Gasteiger partial charge on any atom is -0.481 e. The minimum absolute atomic E-state index is 0.122. The van der Waals surface area contributed by atoms with Crippen molar-refractivity contribution in [2.24, 2.45) is 5.92 Å². The van der Waals surface area contributed by atoms with Crippen molar-refractivity contribution in [1.82, 2.24) is 15.2 Å². The highest BCUT2D eigenvalue weighted by Gasteiger charge is 2.38. The maximum absolute atomic E-state index is 12.0. The summed E-state index contributed by atoms with van der Waals surface area (Å²) in [6.45, 7) is 2.26. The number of nitrogens with zero attached hydrogens (tertiary/aromatic N) is 2. The standard InChI is InChI=1S/C12H17N3O5/c1-7-3-13-10(20-7)4-14-12(18)15(2)9-6-19-5-8(9)11(16)17/h3,8-9H,4-6H2,1-2H3,(H,14,18)(H,16,17). The molecule has 1 aromatic heterocycles. The van der Waals surface area contributed by atoms with Gasteiger partial charge in [-0.15, -0.1) is 0 Å². The molecule has 8 nitrogen and oxygen atoms in total. The molecule has 1 fully saturated rings. The van der Waals surface area contributed by atoms with Crippen molar-refractivity contribution in [3.8, 4) is 0 Å². The van der Waals surface area contributed by atoms with Crippen LogP contribution in [-0.4, -0.2) is 53.3 Å². The molecule has 20 heavy (non-hydrogen) atoms. The fourth-order valence-electron chi connectivity index (χ4n) is 2.07. The maximum atomic E-state index is 12.0. The van der Waals surface area contributed by atoms with E-state index in [1.165, 1.54) is 4.90 Å². The summed E-state index contributed by atoms with van der Waals surface area (Å²) >= 11 is 0. The molecular formula is C12H17N3O5. The fourth-order valence-corrected chi connectivity index (χ4v) is 2.07. The molecule has 2 amide bonds. The number of likely N-dealkylation sites (N-methyl/N-ethyl adjacent to an activating group) is 1. The molecule has 0 aliphatic carbocycles. The van der Waals surface area contributed by atoms with Crippen LogP contribution in [0.1, 0.15) is 11.7 Å². The number of hydrogen-bond acceptors (Lipinski definition) is 5. The average Bonchev–Trinajstić information content (AvgIpc) is 3.03. The largest absolute Gasteiger partial charge is 0.481 e. The minimum atomic E-state index is -0.963. The van der Waals surface area contributed by atoms with Crippen LogP contribution in [0.3, 0.4) is 0 Å². The predicted molar refractivity (Wildman–Crippen MR) is 67.0 cm³/mol. The highest BCUT2D eigenvalue weighted by molar-refractivity contribution is 5.77. The maximum Gasteiger partial charge on any atom is 0.317 e. The van der Waals surface area contributed by atoms with Gasteiger partial charge < -0.3 is 24.5 Å². The molecule has 1 aromatic rings. The van der Waals surface area contributed by atoms with Crippen LogP contribution in [0.25, 0.3) is 0 Å². The van der Waals surface area contributed by atoms with Gasteiger partial charge in [0.15, 0.2) is 0 Å². The van der Waals surface area contributed by atoms with Gasteiger partial charge in [-0.3, -0.25) is 4.79 Å². The lowest BCUT2D eigenvalue weighted by Gasteiger charge is -2.26. The summed E-state index contributed by atoms with van der Waals surface area (Å²) in [5, 5.41) is 11.7. The summed E-state index contributed by atoms with van der Waals surface area (Å²) in [5.74, 6) is -0.593. The smallest absolute Gasteiger partial charge is 0.317 e. The molecule has 110 valence electrons. The van der Waals surface area contributed by atoms with Gasteiger partial charge >= 0.3 is 12.0 Å². The van der Waals surface area contributed by atoms with Gasteiger partial charge in [-0.05, 0) is 6.92 Å². The zero-order valence-corrected chi connectivity index (χ0v) is 11.3. The third-order valence-electron chi connectivity index (χ3n) is 3.25. The SMILES string of the molecule is Cc1cnc(CNC(=O)N(C)C2COCC2C(=O)O)o1. The third-order valence-corrected chi connectivity index (χ3v) is 3.25. The number of ether oxygens (including phenoxy) is 1. The van der Waals surface area contributed by atoms with Gasteiger partial charge in [0.2, 0.25) is 5.89 Å². The summed E-state index contributed by atoms with van der Waals surface area (Å²) in [7, 11) is 1.55. The van der Waals surface area contributed by atoms with Gasteiger partial charge in [0, 0.05) is 7.05 Å². The van der Waals surface area contributed by atoms with E-state index in [1.54, 1.807) is 20.2 Å². The van der Waals surface area contributed by atoms with Crippen molar-refractivity contribution in [3.63, 3.8) is 0 Å². The summed E-state index contributed by atoms with van der Waals surface area (Å²) in [4.78, 5) is 28.4. The quantitative estimate of drug-likeness (QED) is 0.819. The van der Waals surface area contributed by atoms with E-state index in [1.807, 2.05) is 0 Å². The molecule has 0 spiro atoms. The first kappa shape index (κ1) is 14.3. The Morgan fingerprint density at radius 3 is 2.90 bits per heavy atom. The topological polar surface area (TPSA) is 105 Å². The molecule has 8 heteroatoms. The second-order valence-corrected chi connectivity index (χ2v) is 4.68. The first-order valence-electron chi connectivity index (χ1n) is 6.21. The number of carbonyl (C=O) groups excluding carboxylic acids is 1. The van der Waals surface area contributed by atoms with Crippen LogP contribution in [0.4, 0.5) is 4.79 Å². The van der Waals surface area contributed by atoms with Gasteiger partial charge in [-0.25, -0.2) is 9.78 Å². The normalized spacial score (nSPS) is 21.7. The molecule has 0 bridgehead atoms. The van der Waals surface area contributed by atoms with E-state index in [9.17, 15) is 9.59 Å². The van der Waals surface area contributed by atoms with Crippen LogP contribution in [0.15, 0.2) is 10.6 Å². The highest BCUT2D eigenvalue weighted by Crippen LogP contribution is 2.19. The lowest BCUT2D eigenvalue weighted by molar-refractivity contribution is -0.142. The molecule has 0 radical (unpaired) electrons. The summed E-state index contributed by atoms with van der Waals surface area (Å²) < 4.78 is 10.4. The summed E-state index contributed by atoms with van der Waals surface area (Å²) in [6, 6.07) is -0.860. The molecule has 2 rings (SSSR count). The van der Waals surface area contributed by atoms with E-state index in [0.717, 1.165) is 0 Å². The Bertz CT molecular complexity index is 501. The molecule has 1 saturated heterocycles. The summed E-state index contributed by atoms with van der Waals surface area (Å²) in [5.41, 5.74) is 0. The first-order chi connectivity index (χ1) is 9.49. The molecule has 2 atom stereocenters. The van der Waals surface area contributed by atoms with Crippen molar-refractivity contribution in [2.45, 2.75) is 19.5 Å². The monoisotopic (exact) mass is 283 g/mol. The molecular weight excluding hydrogens is 266 g/mol. The van der Waals surface area contributed by atoms with Crippen LogP contribution in [-0.2, 0) is 16.1 Å². The Balaban J connectivity index is 1.90. The number of aromatic nitrogens is 1. The van der Waals surface area contributed by atoms with Crippen molar-refractivity contribution < 1.29 is 23.8 Å². The van der Waals surface area contributed by atoms with Crippen LogP contribution in [0, 0.1) is 12.8 Å². The molecule has 2 N–H and O–H groups in total. The van der Waals surface area contributed by atoms with Crippen molar-refractivity contribution in [2.75, 3.05) is 20.3 Å². The second-order valence-electron chi connectivity index (χ2n) is 4.68. The molecule has 0 saturated carbocycles. The molecule has 1 aliphatic heterocycles. The first-order valence-corrected chi connectivity index (χ1v) is 6.21. The van der Waals surface area contributed by atoms with Crippen LogP contribution in [0.5, 0.6) is 0 Å². The van der Waals surface area contributed by atoms with Crippen LogP contribution >= 0.6 is 0 Å².